The Morgan fingerprint density at radius 2 is 1.44 bits per heavy atom. The average molecular weight is 431 g/mol. The van der Waals surface area contributed by atoms with E-state index in [1.807, 2.05) is 30.3 Å². The second kappa shape index (κ2) is 8.22. The second-order valence-electron chi connectivity index (χ2n) is 7.68. The van der Waals surface area contributed by atoms with Crippen molar-refractivity contribution >= 4 is 29.4 Å². The summed E-state index contributed by atoms with van der Waals surface area (Å²) in [5.74, 6) is 0.150. The lowest BCUT2D eigenvalue weighted by Crippen LogP contribution is -2.49. The van der Waals surface area contributed by atoms with Gasteiger partial charge < -0.3 is 9.80 Å². The van der Waals surface area contributed by atoms with Gasteiger partial charge in [0.05, 0.1) is 11.4 Å². The highest BCUT2D eigenvalue weighted by atomic mass is 16.2. The Morgan fingerprint density at radius 3 is 2.09 bits per heavy atom. The minimum absolute atomic E-state index is 0.0853. The molecule has 1 aromatic heterocycles. The number of amides is 3. The summed E-state index contributed by atoms with van der Waals surface area (Å²) in [5.41, 5.74) is 1.91. The van der Waals surface area contributed by atoms with Crippen molar-refractivity contribution in [1.82, 2.24) is 25.1 Å². The highest BCUT2D eigenvalue weighted by Gasteiger charge is 2.30. The standard InChI is InChI=1S/C22H21N7O3/c30-19-10-11-20(31)28(19)17-8-6-16(7-9-17)21(32)26-12-14-27(15-13-26)22-23-24-25-29(22)18-4-2-1-3-5-18/h1-9H,10-15H2. The van der Waals surface area contributed by atoms with Crippen molar-refractivity contribution in [2.75, 3.05) is 36.0 Å². The Kier molecular flexibility index (Phi) is 5.10. The van der Waals surface area contributed by atoms with E-state index in [4.69, 9.17) is 0 Å². The fourth-order valence-corrected chi connectivity index (χ4v) is 4.03. The number of aromatic nitrogens is 4. The van der Waals surface area contributed by atoms with E-state index in [-0.39, 0.29) is 30.6 Å². The first kappa shape index (κ1) is 19.9. The van der Waals surface area contributed by atoms with Crippen LogP contribution in [-0.2, 0) is 9.59 Å². The number of tetrazole rings is 1. The van der Waals surface area contributed by atoms with Gasteiger partial charge >= 0.3 is 0 Å². The molecule has 2 aliphatic rings. The van der Waals surface area contributed by atoms with Crippen molar-refractivity contribution in [2.24, 2.45) is 0 Å². The molecule has 0 aliphatic carbocycles. The summed E-state index contributed by atoms with van der Waals surface area (Å²) in [5, 5.41) is 12.1. The summed E-state index contributed by atoms with van der Waals surface area (Å²) >= 11 is 0. The van der Waals surface area contributed by atoms with Crippen LogP contribution < -0.4 is 9.80 Å². The molecule has 32 heavy (non-hydrogen) atoms. The van der Waals surface area contributed by atoms with Crippen molar-refractivity contribution in [3.8, 4) is 5.69 Å². The summed E-state index contributed by atoms with van der Waals surface area (Å²) in [6, 6.07) is 16.3. The summed E-state index contributed by atoms with van der Waals surface area (Å²) in [6.45, 7) is 2.28. The maximum absolute atomic E-state index is 13.0. The summed E-state index contributed by atoms with van der Waals surface area (Å²) in [6.07, 6.45) is 0.467. The van der Waals surface area contributed by atoms with Gasteiger partial charge in [-0.15, -0.1) is 0 Å². The molecule has 3 amide bonds. The average Bonchev–Trinajstić information content (AvgIpc) is 3.46. The normalized spacial score (nSPS) is 16.7. The molecule has 0 radical (unpaired) electrons. The molecular weight excluding hydrogens is 410 g/mol. The number of nitrogens with zero attached hydrogens (tertiary/aromatic N) is 7. The molecule has 10 nitrogen and oxygen atoms in total. The Bertz CT molecular complexity index is 1140. The van der Waals surface area contributed by atoms with Crippen LogP contribution in [0.1, 0.15) is 23.2 Å². The number of rotatable bonds is 4. The molecule has 3 heterocycles. The molecule has 2 saturated heterocycles. The Hall–Kier alpha value is -4.08. The Morgan fingerprint density at radius 1 is 0.781 bits per heavy atom. The minimum Gasteiger partial charge on any atom is -0.336 e. The molecule has 3 aromatic rings. The Balaban J connectivity index is 1.24. The van der Waals surface area contributed by atoms with Crippen molar-refractivity contribution in [3.63, 3.8) is 0 Å². The molecule has 5 rings (SSSR count). The monoisotopic (exact) mass is 431 g/mol. The molecule has 2 fully saturated rings. The van der Waals surface area contributed by atoms with Gasteiger partial charge in [-0.2, -0.15) is 4.68 Å². The molecular formula is C22H21N7O3. The van der Waals surface area contributed by atoms with E-state index in [9.17, 15) is 14.4 Å². The van der Waals surface area contributed by atoms with Crippen molar-refractivity contribution in [1.29, 1.82) is 0 Å². The number of hydrogen-bond acceptors (Lipinski definition) is 7. The van der Waals surface area contributed by atoms with Crippen molar-refractivity contribution in [3.05, 3.63) is 60.2 Å². The largest absolute Gasteiger partial charge is 0.336 e. The van der Waals surface area contributed by atoms with Crippen LogP contribution in [0.4, 0.5) is 11.6 Å². The van der Waals surface area contributed by atoms with Crippen LogP contribution in [0.2, 0.25) is 0 Å². The summed E-state index contributed by atoms with van der Waals surface area (Å²) in [4.78, 5) is 41.8. The number of hydrogen-bond donors (Lipinski definition) is 0. The number of anilines is 2. The van der Waals surface area contributed by atoms with Gasteiger partial charge in [-0.25, -0.2) is 0 Å². The van der Waals surface area contributed by atoms with E-state index >= 15 is 0 Å². The van der Waals surface area contributed by atoms with Crippen LogP contribution in [0.3, 0.4) is 0 Å². The lowest BCUT2D eigenvalue weighted by atomic mass is 10.1. The molecule has 0 bridgehead atoms. The maximum atomic E-state index is 13.0. The zero-order chi connectivity index (χ0) is 22.1. The number of carbonyl (C=O) groups is 3. The van der Waals surface area contributed by atoms with Gasteiger partial charge in [0.1, 0.15) is 0 Å². The molecule has 0 N–H and O–H groups in total. The van der Waals surface area contributed by atoms with Gasteiger partial charge in [0, 0.05) is 44.6 Å². The van der Waals surface area contributed by atoms with E-state index in [0.717, 1.165) is 5.69 Å². The number of imide groups is 1. The van der Waals surface area contributed by atoms with Gasteiger partial charge in [-0.3, -0.25) is 19.3 Å². The summed E-state index contributed by atoms with van der Waals surface area (Å²) < 4.78 is 1.69. The SMILES string of the molecule is O=C(c1ccc(N2C(=O)CCC2=O)cc1)N1CCN(c2nnnn2-c2ccccc2)CC1. The molecule has 2 aliphatic heterocycles. The van der Waals surface area contributed by atoms with Gasteiger partial charge in [0.25, 0.3) is 5.91 Å². The van der Waals surface area contributed by atoms with E-state index in [2.05, 4.69) is 20.4 Å². The predicted molar refractivity (Wildman–Crippen MR) is 115 cm³/mol. The molecule has 0 saturated carbocycles. The van der Waals surface area contributed by atoms with Crippen LogP contribution in [0.25, 0.3) is 5.69 Å². The summed E-state index contributed by atoms with van der Waals surface area (Å²) in [7, 11) is 0. The fourth-order valence-electron chi connectivity index (χ4n) is 4.03. The van der Waals surface area contributed by atoms with E-state index in [0.29, 0.717) is 43.4 Å². The lowest BCUT2D eigenvalue weighted by Gasteiger charge is -2.34. The molecule has 0 atom stereocenters. The smallest absolute Gasteiger partial charge is 0.253 e. The molecule has 0 spiro atoms. The first-order chi connectivity index (χ1) is 15.6. The number of piperazine rings is 1. The van der Waals surface area contributed by atoms with Crippen LogP contribution in [0.5, 0.6) is 0 Å². The first-order valence-corrected chi connectivity index (χ1v) is 10.5. The van der Waals surface area contributed by atoms with Gasteiger partial charge in [-0.1, -0.05) is 23.3 Å². The zero-order valence-electron chi connectivity index (χ0n) is 17.3. The van der Waals surface area contributed by atoms with Crippen molar-refractivity contribution < 1.29 is 14.4 Å². The molecule has 0 unspecified atom stereocenters. The van der Waals surface area contributed by atoms with Gasteiger partial charge in [0.15, 0.2) is 0 Å². The maximum Gasteiger partial charge on any atom is 0.253 e. The lowest BCUT2D eigenvalue weighted by molar-refractivity contribution is -0.121. The highest BCUT2D eigenvalue weighted by Crippen LogP contribution is 2.24. The molecule has 2 aromatic carbocycles. The van der Waals surface area contributed by atoms with E-state index in [1.54, 1.807) is 33.8 Å². The van der Waals surface area contributed by atoms with Crippen molar-refractivity contribution in [2.45, 2.75) is 12.8 Å². The molecule has 162 valence electrons. The van der Waals surface area contributed by atoms with E-state index < -0.39 is 0 Å². The third-order valence-corrected chi connectivity index (χ3v) is 5.73. The van der Waals surface area contributed by atoms with Crippen LogP contribution in [0.15, 0.2) is 54.6 Å². The number of carbonyl (C=O) groups excluding carboxylic acids is 3. The Labute approximate surface area is 184 Å². The fraction of sp³-hybridized carbons (Fsp3) is 0.273. The first-order valence-electron chi connectivity index (χ1n) is 10.5. The third kappa shape index (κ3) is 3.59. The zero-order valence-corrected chi connectivity index (χ0v) is 17.3. The second-order valence-corrected chi connectivity index (χ2v) is 7.68. The van der Waals surface area contributed by atoms with Crippen LogP contribution >= 0.6 is 0 Å². The van der Waals surface area contributed by atoms with Crippen LogP contribution in [-0.4, -0.2) is 69.0 Å². The van der Waals surface area contributed by atoms with Crippen LogP contribution in [0, 0.1) is 0 Å². The quantitative estimate of drug-likeness (QED) is 0.573. The predicted octanol–water partition coefficient (Wildman–Crippen LogP) is 1.28. The third-order valence-electron chi connectivity index (χ3n) is 5.73. The number of benzene rings is 2. The topological polar surface area (TPSA) is 105 Å². The molecule has 10 heteroatoms. The van der Waals surface area contributed by atoms with E-state index in [1.165, 1.54) is 4.90 Å². The minimum atomic E-state index is -0.206. The van der Waals surface area contributed by atoms with Gasteiger partial charge in [0.2, 0.25) is 17.8 Å². The van der Waals surface area contributed by atoms with Gasteiger partial charge in [-0.05, 0) is 46.8 Å². The number of para-hydroxylation sites is 1. The highest BCUT2D eigenvalue weighted by molar-refractivity contribution is 6.19.